The lowest BCUT2D eigenvalue weighted by Gasteiger charge is -2.21. The Balaban J connectivity index is 1.71. The number of carbonyl (C=O) groups is 3. The van der Waals surface area contributed by atoms with Gasteiger partial charge in [-0.3, -0.25) is 14.9 Å². The van der Waals surface area contributed by atoms with Crippen molar-refractivity contribution in [2.45, 2.75) is 26.7 Å². The van der Waals surface area contributed by atoms with Crippen LogP contribution in [0.15, 0.2) is 18.2 Å². The Morgan fingerprint density at radius 3 is 2.77 bits per heavy atom. The molecule has 4 amide bonds. The molecule has 2 N–H and O–H groups in total. The molecule has 2 aliphatic rings. The quantitative estimate of drug-likeness (QED) is 0.773. The number of carbonyl (C=O) groups excluding carboxylic acids is 3. The van der Waals surface area contributed by atoms with E-state index >= 15 is 0 Å². The van der Waals surface area contributed by atoms with Crippen LogP contribution in [0, 0.1) is 19.3 Å². The van der Waals surface area contributed by atoms with Gasteiger partial charge in [0, 0.05) is 25.2 Å². The molecule has 6 nitrogen and oxygen atoms in total. The number of hydrogen-bond acceptors (Lipinski definition) is 3. The number of nitrogens with one attached hydrogen (secondary N) is 2. The molecule has 0 unspecified atom stereocenters. The standard InChI is InChI=1S/C16H19N3O3/c1-10-3-4-11(2)12(7-10)17-15(22)19-6-5-16(9-19)8-13(20)18-14(16)21/h3-4,7H,5-6,8-9H2,1-2H3,(H,17,22)(H,18,20,21)/t16-/m0/s1. The molecule has 3 rings (SSSR count). The molecule has 1 aromatic carbocycles. The van der Waals surface area contributed by atoms with Crippen molar-refractivity contribution in [1.29, 1.82) is 0 Å². The normalized spacial score (nSPS) is 24.0. The molecular formula is C16H19N3O3. The Morgan fingerprint density at radius 2 is 2.09 bits per heavy atom. The van der Waals surface area contributed by atoms with Crippen LogP contribution in [-0.2, 0) is 9.59 Å². The second kappa shape index (κ2) is 5.12. The van der Waals surface area contributed by atoms with Gasteiger partial charge in [-0.15, -0.1) is 0 Å². The monoisotopic (exact) mass is 301 g/mol. The fraction of sp³-hybridized carbons (Fsp3) is 0.438. The van der Waals surface area contributed by atoms with Crippen LogP contribution in [0.4, 0.5) is 10.5 Å². The zero-order chi connectivity index (χ0) is 15.9. The van der Waals surface area contributed by atoms with Crippen LogP contribution in [-0.4, -0.2) is 35.8 Å². The number of urea groups is 1. The average molecular weight is 301 g/mol. The fourth-order valence-corrected chi connectivity index (χ4v) is 3.13. The molecule has 0 radical (unpaired) electrons. The molecule has 2 aliphatic heterocycles. The number of likely N-dealkylation sites (tertiary alicyclic amines) is 1. The summed E-state index contributed by atoms with van der Waals surface area (Å²) >= 11 is 0. The van der Waals surface area contributed by atoms with Gasteiger partial charge in [0.05, 0.1) is 5.41 Å². The second-order valence-corrected chi connectivity index (χ2v) is 6.25. The van der Waals surface area contributed by atoms with Crippen molar-refractivity contribution in [3.8, 4) is 0 Å². The lowest BCUT2D eigenvalue weighted by Crippen LogP contribution is -2.38. The van der Waals surface area contributed by atoms with E-state index in [1.165, 1.54) is 0 Å². The van der Waals surface area contributed by atoms with E-state index < -0.39 is 5.41 Å². The Morgan fingerprint density at radius 1 is 1.32 bits per heavy atom. The number of benzene rings is 1. The van der Waals surface area contributed by atoms with E-state index in [0.717, 1.165) is 16.8 Å². The van der Waals surface area contributed by atoms with E-state index in [4.69, 9.17) is 0 Å². The number of imide groups is 1. The molecule has 1 atom stereocenters. The summed E-state index contributed by atoms with van der Waals surface area (Å²) in [6.45, 7) is 4.68. The van der Waals surface area contributed by atoms with Gasteiger partial charge in [-0.25, -0.2) is 4.79 Å². The minimum Gasteiger partial charge on any atom is -0.323 e. The summed E-state index contributed by atoms with van der Waals surface area (Å²) in [6.07, 6.45) is 0.712. The fourth-order valence-electron chi connectivity index (χ4n) is 3.13. The van der Waals surface area contributed by atoms with Crippen LogP contribution in [0.5, 0.6) is 0 Å². The van der Waals surface area contributed by atoms with Crippen molar-refractivity contribution >= 4 is 23.5 Å². The molecule has 0 aromatic heterocycles. The van der Waals surface area contributed by atoms with E-state index in [9.17, 15) is 14.4 Å². The number of aryl methyl sites for hydroxylation is 2. The predicted octanol–water partition coefficient (Wildman–Crippen LogP) is 1.57. The van der Waals surface area contributed by atoms with Gasteiger partial charge in [0.15, 0.2) is 0 Å². The summed E-state index contributed by atoms with van der Waals surface area (Å²) in [5.74, 6) is -0.499. The van der Waals surface area contributed by atoms with Crippen molar-refractivity contribution in [3.05, 3.63) is 29.3 Å². The van der Waals surface area contributed by atoms with Gasteiger partial charge in [0.2, 0.25) is 11.8 Å². The number of hydrogen-bond donors (Lipinski definition) is 2. The highest BCUT2D eigenvalue weighted by molar-refractivity contribution is 6.06. The minimum atomic E-state index is -0.726. The largest absolute Gasteiger partial charge is 0.323 e. The molecule has 0 saturated carbocycles. The molecule has 1 aromatic rings. The zero-order valence-electron chi connectivity index (χ0n) is 12.7. The highest BCUT2D eigenvalue weighted by Crippen LogP contribution is 2.37. The van der Waals surface area contributed by atoms with Crippen LogP contribution in [0.25, 0.3) is 0 Å². The van der Waals surface area contributed by atoms with E-state index in [1.807, 2.05) is 32.0 Å². The van der Waals surface area contributed by atoms with Gasteiger partial charge in [0.25, 0.3) is 0 Å². The average Bonchev–Trinajstić information content (AvgIpc) is 2.99. The predicted molar refractivity (Wildman–Crippen MR) is 81.3 cm³/mol. The molecule has 1 spiro atoms. The molecule has 2 heterocycles. The highest BCUT2D eigenvalue weighted by atomic mass is 16.2. The molecule has 2 saturated heterocycles. The highest BCUT2D eigenvalue weighted by Gasteiger charge is 2.51. The van der Waals surface area contributed by atoms with E-state index in [2.05, 4.69) is 10.6 Å². The lowest BCUT2D eigenvalue weighted by molar-refractivity contribution is -0.128. The molecular weight excluding hydrogens is 282 g/mol. The van der Waals surface area contributed by atoms with Gasteiger partial charge >= 0.3 is 6.03 Å². The van der Waals surface area contributed by atoms with E-state index in [1.54, 1.807) is 4.90 Å². The third kappa shape index (κ3) is 2.45. The molecule has 0 bridgehead atoms. The van der Waals surface area contributed by atoms with Crippen LogP contribution in [0.1, 0.15) is 24.0 Å². The second-order valence-electron chi connectivity index (χ2n) is 6.25. The van der Waals surface area contributed by atoms with Crippen molar-refractivity contribution in [2.24, 2.45) is 5.41 Å². The van der Waals surface area contributed by atoms with E-state index in [-0.39, 0.29) is 24.3 Å². The zero-order valence-corrected chi connectivity index (χ0v) is 12.7. The van der Waals surface area contributed by atoms with Crippen LogP contribution < -0.4 is 10.6 Å². The van der Waals surface area contributed by atoms with Gasteiger partial charge in [-0.2, -0.15) is 0 Å². The third-order valence-corrected chi connectivity index (χ3v) is 4.51. The molecule has 6 heteroatoms. The first kappa shape index (κ1) is 14.6. The van der Waals surface area contributed by atoms with Crippen LogP contribution in [0.2, 0.25) is 0 Å². The van der Waals surface area contributed by atoms with Crippen molar-refractivity contribution < 1.29 is 14.4 Å². The summed E-state index contributed by atoms with van der Waals surface area (Å²) < 4.78 is 0. The summed E-state index contributed by atoms with van der Waals surface area (Å²) in [4.78, 5) is 37.4. The lowest BCUT2D eigenvalue weighted by atomic mass is 9.85. The molecule has 0 aliphatic carbocycles. The maximum Gasteiger partial charge on any atom is 0.321 e. The smallest absolute Gasteiger partial charge is 0.321 e. The number of rotatable bonds is 1. The molecule has 2 fully saturated rings. The minimum absolute atomic E-state index is 0.180. The SMILES string of the molecule is Cc1ccc(C)c(NC(=O)N2CC[C@]3(CC(=O)NC3=O)C2)c1. The summed E-state index contributed by atoms with van der Waals surface area (Å²) in [5, 5.41) is 5.23. The summed E-state index contributed by atoms with van der Waals surface area (Å²) in [6, 6.07) is 5.65. The van der Waals surface area contributed by atoms with Gasteiger partial charge in [0.1, 0.15) is 0 Å². The first-order chi connectivity index (χ1) is 10.4. The van der Waals surface area contributed by atoms with E-state index in [0.29, 0.717) is 19.5 Å². The Kier molecular flexibility index (Phi) is 3.39. The maximum atomic E-state index is 12.4. The Hall–Kier alpha value is -2.37. The summed E-state index contributed by atoms with van der Waals surface area (Å²) in [7, 11) is 0. The van der Waals surface area contributed by atoms with Gasteiger partial charge in [-0.1, -0.05) is 12.1 Å². The molecule has 116 valence electrons. The first-order valence-electron chi connectivity index (χ1n) is 7.37. The van der Waals surface area contributed by atoms with Crippen LogP contribution >= 0.6 is 0 Å². The third-order valence-electron chi connectivity index (χ3n) is 4.51. The van der Waals surface area contributed by atoms with Gasteiger partial charge < -0.3 is 10.2 Å². The van der Waals surface area contributed by atoms with Crippen LogP contribution in [0.3, 0.4) is 0 Å². The number of anilines is 1. The Bertz CT molecular complexity index is 671. The molecule has 22 heavy (non-hydrogen) atoms. The van der Waals surface area contributed by atoms with Crippen molar-refractivity contribution in [3.63, 3.8) is 0 Å². The first-order valence-corrected chi connectivity index (χ1v) is 7.37. The topological polar surface area (TPSA) is 78.5 Å². The van der Waals surface area contributed by atoms with Crippen molar-refractivity contribution in [2.75, 3.05) is 18.4 Å². The number of nitrogens with zero attached hydrogens (tertiary/aromatic N) is 1. The Labute approximate surface area is 128 Å². The summed E-state index contributed by atoms with van der Waals surface area (Å²) in [5.41, 5.74) is 2.11. The van der Waals surface area contributed by atoms with Crippen molar-refractivity contribution in [1.82, 2.24) is 10.2 Å². The number of amides is 4. The maximum absolute atomic E-state index is 12.4. The van der Waals surface area contributed by atoms with Gasteiger partial charge in [-0.05, 0) is 37.5 Å².